The highest BCUT2D eigenvalue weighted by Gasteiger charge is 2.14. The van der Waals surface area contributed by atoms with Gasteiger partial charge in [-0.2, -0.15) is 5.10 Å². The molecule has 0 aliphatic rings. The molecule has 3 rings (SSSR count). The van der Waals surface area contributed by atoms with Crippen LogP contribution in [0.15, 0.2) is 47.1 Å². The van der Waals surface area contributed by atoms with Crippen LogP contribution < -0.4 is 5.32 Å². The van der Waals surface area contributed by atoms with Gasteiger partial charge in [0.1, 0.15) is 23.2 Å². The number of nitrogens with zero attached hydrogens (tertiary/aromatic N) is 2. The van der Waals surface area contributed by atoms with Crippen molar-refractivity contribution in [1.82, 2.24) is 9.78 Å². The number of furan rings is 1. The van der Waals surface area contributed by atoms with E-state index < -0.39 is 11.6 Å². The first kappa shape index (κ1) is 15.2. The SMILES string of the molecule is OCCn1cc(NCc2ccc(-c3c(F)cccc3F)o2)cn1. The molecular weight excluding hydrogens is 304 g/mol. The summed E-state index contributed by atoms with van der Waals surface area (Å²) in [5, 5.41) is 16.0. The summed E-state index contributed by atoms with van der Waals surface area (Å²) in [5.74, 6) is -0.640. The predicted octanol–water partition coefficient (Wildman–Crippen LogP) is 3.03. The van der Waals surface area contributed by atoms with Gasteiger partial charge in [0, 0.05) is 6.20 Å². The number of aromatic nitrogens is 2. The summed E-state index contributed by atoms with van der Waals surface area (Å²) >= 11 is 0. The number of rotatable bonds is 6. The average molecular weight is 319 g/mol. The van der Waals surface area contributed by atoms with Gasteiger partial charge in [-0.25, -0.2) is 8.78 Å². The molecule has 0 spiro atoms. The summed E-state index contributed by atoms with van der Waals surface area (Å²) in [4.78, 5) is 0. The Labute approximate surface area is 131 Å². The van der Waals surface area contributed by atoms with E-state index in [9.17, 15) is 8.78 Å². The van der Waals surface area contributed by atoms with E-state index in [1.807, 2.05) is 0 Å². The minimum atomic E-state index is -0.663. The molecule has 23 heavy (non-hydrogen) atoms. The number of benzene rings is 1. The Kier molecular flexibility index (Phi) is 4.38. The van der Waals surface area contributed by atoms with Gasteiger partial charge in [0.2, 0.25) is 0 Å². The fourth-order valence-electron chi connectivity index (χ4n) is 2.21. The van der Waals surface area contributed by atoms with Crippen molar-refractivity contribution in [3.8, 4) is 11.3 Å². The predicted molar refractivity (Wildman–Crippen MR) is 80.7 cm³/mol. The Balaban J connectivity index is 1.70. The smallest absolute Gasteiger partial charge is 0.140 e. The van der Waals surface area contributed by atoms with Crippen molar-refractivity contribution in [2.24, 2.45) is 0 Å². The van der Waals surface area contributed by atoms with Gasteiger partial charge in [0.25, 0.3) is 0 Å². The number of hydrogen-bond acceptors (Lipinski definition) is 4. The van der Waals surface area contributed by atoms with E-state index >= 15 is 0 Å². The molecule has 3 aromatic rings. The maximum absolute atomic E-state index is 13.7. The maximum atomic E-state index is 13.7. The highest BCUT2D eigenvalue weighted by molar-refractivity contribution is 5.59. The van der Waals surface area contributed by atoms with Crippen molar-refractivity contribution in [3.05, 3.63) is 60.1 Å². The van der Waals surface area contributed by atoms with Crippen molar-refractivity contribution in [1.29, 1.82) is 0 Å². The fourth-order valence-corrected chi connectivity index (χ4v) is 2.21. The number of halogens is 2. The van der Waals surface area contributed by atoms with Crippen LogP contribution in [-0.4, -0.2) is 21.5 Å². The van der Waals surface area contributed by atoms with E-state index in [-0.39, 0.29) is 17.9 Å². The molecule has 1 aromatic carbocycles. The molecule has 0 saturated heterocycles. The van der Waals surface area contributed by atoms with Gasteiger partial charge in [-0.15, -0.1) is 0 Å². The molecule has 0 radical (unpaired) electrons. The standard InChI is InChI=1S/C16H15F2N3O2/c17-13-2-1-3-14(18)16(13)15-5-4-12(23-15)9-19-11-8-20-21(10-11)6-7-22/h1-5,8,10,19,22H,6-7,9H2. The molecule has 0 bridgehead atoms. The van der Waals surface area contributed by atoms with E-state index in [2.05, 4.69) is 10.4 Å². The molecule has 2 aromatic heterocycles. The maximum Gasteiger partial charge on any atom is 0.140 e. The first-order valence-electron chi connectivity index (χ1n) is 7.07. The molecule has 120 valence electrons. The third-order valence-corrected chi connectivity index (χ3v) is 3.30. The molecule has 2 heterocycles. The van der Waals surface area contributed by atoms with Crippen LogP contribution >= 0.6 is 0 Å². The van der Waals surface area contributed by atoms with Gasteiger partial charge in [0.05, 0.1) is 37.1 Å². The van der Waals surface area contributed by atoms with E-state index in [0.717, 1.165) is 5.69 Å². The van der Waals surface area contributed by atoms with Crippen molar-refractivity contribution in [3.63, 3.8) is 0 Å². The van der Waals surface area contributed by atoms with E-state index in [0.29, 0.717) is 18.8 Å². The zero-order valence-electron chi connectivity index (χ0n) is 12.2. The molecule has 0 saturated carbocycles. The van der Waals surface area contributed by atoms with Crippen molar-refractivity contribution < 1.29 is 18.3 Å². The third kappa shape index (κ3) is 3.40. The second-order valence-corrected chi connectivity index (χ2v) is 4.93. The molecule has 0 unspecified atom stereocenters. The van der Waals surface area contributed by atoms with Crippen LogP contribution in [0.4, 0.5) is 14.5 Å². The van der Waals surface area contributed by atoms with Gasteiger partial charge in [-0.1, -0.05) is 6.07 Å². The summed E-state index contributed by atoms with van der Waals surface area (Å²) in [6, 6.07) is 6.88. The number of hydrogen-bond donors (Lipinski definition) is 2. The van der Waals surface area contributed by atoms with Crippen LogP contribution in [0.5, 0.6) is 0 Å². The molecule has 7 heteroatoms. The van der Waals surface area contributed by atoms with Crippen molar-refractivity contribution >= 4 is 5.69 Å². The monoisotopic (exact) mass is 319 g/mol. The first-order valence-corrected chi connectivity index (χ1v) is 7.07. The van der Waals surface area contributed by atoms with Crippen molar-refractivity contribution in [2.45, 2.75) is 13.1 Å². The van der Waals surface area contributed by atoms with Gasteiger partial charge in [0.15, 0.2) is 0 Å². The number of aliphatic hydroxyl groups is 1. The lowest BCUT2D eigenvalue weighted by molar-refractivity contribution is 0.269. The van der Waals surface area contributed by atoms with E-state index in [1.165, 1.54) is 24.3 Å². The highest BCUT2D eigenvalue weighted by atomic mass is 19.1. The van der Waals surface area contributed by atoms with Crippen LogP contribution in [0.25, 0.3) is 11.3 Å². The van der Waals surface area contributed by atoms with Crippen LogP contribution in [0.3, 0.4) is 0 Å². The Hall–Kier alpha value is -2.67. The summed E-state index contributed by atoms with van der Waals surface area (Å²) < 4.78 is 34.5. The molecule has 0 aliphatic heterocycles. The lowest BCUT2D eigenvalue weighted by atomic mass is 10.1. The average Bonchev–Trinajstić information content (AvgIpc) is 3.15. The third-order valence-electron chi connectivity index (χ3n) is 3.30. The largest absolute Gasteiger partial charge is 0.459 e. The van der Waals surface area contributed by atoms with E-state index in [4.69, 9.17) is 9.52 Å². The molecule has 2 N–H and O–H groups in total. The van der Waals surface area contributed by atoms with E-state index in [1.54, 1.807) is 23.1 Å². The molecule has 0 atom stereocenters. The Bertz CT molecular complexity index is 778. The highest BCUT2D eigenvalue weighted by Crippen LogP contribution is 2.27. The van der Waals surface area contributed by atoms with Gasteiger partial charge in [-0.05, 0) is 24.3 Å². The van der Waals surface area contributed by atoms with Crippen LogP contribution in [-0.2, 0) is 13.1 Å². The summed E-state index contributed by atoms with van der Waals surface area (Å²) in [7, 11) is 0. The number of nitrogens with one attached hydrogen (secondary N) is 1. The Morgan fingerprint density at radius 2 is 1.96 bits per heavy atom. The summed E-state index contributed by atoms with van der Waals surface area (Å²) in [5.41, 5.74) is 0.586. The quantitative estimate of drug-likeness (QED) is 0.733. The van der Waals surface area contributed by atoms with Crippen LogP contribution in [0, 0.1) is 11.6 Å². The van der Waals surface area contributed by atoms with Gasteiger partial charge >= 0.3 is 0 Å². The Morgan fingerprint density at radius 3 is 2.70 bits per heavy atom. The zero-order valence-corrected chi connectivity index (χ0v) is 12.2. The van der Waals surface area contributed by atoms with Crippen molar-refractivity contribution in [2.75, 3.05) is 11.9 Å². The minimum absolute atomic E-state index is 0.0108. The molecule has 5 nitrogen and oxygen atoms in total. The molecular formula is C16H15F2N3O2. The van der Waals surface area contributed by atoms with Gasteiger partial charge < -0.3 is 14.8 Å². The second-order valence-electron chi connectivity index (χ2n) is 4.93. The summed E-state index contributed by atoms with van der Waals surface area (Å²) in [6.45, 7) is 0.775. The summed E-state index contributed by atoms with van der Waals surface area (Å²) in [6.07, 6.45) is 3.37. The van der Waals surface area contributed by atoms with Gasteiger partial charge in [-0.3, -0.25) is 4.68 Å². The second kappa shape index (κ2) is 6.62. The van der Waals surface area contributed by atoms with Crippen LogP contribution in [0.1, 0.15) is 5.76 Å². The fraction of sp³-hybridized carbons (Fsp3) is 0.188. The Morgan fingerprint density at radius 1 is 1.17 bits per heavy atom. The lowest BCUT2D eigenvalue weighted by Gasteiger charge is -2.02. The topological polar surface area (TPSA) is 63.2 Å². The molecule has 0 fully saturated rings. The molecule has 0 aliphatic carbocycles. The van der Waals surface area contributed by atoms with Crippen LogP contribution in [0.2, 0.25) is 0 Å². The lowest BCUT2D eigenvalue weighted by Crippen LogP contribution is -2.02. The number of aliphatic hydroxyl groups excluding tert-OH is 1. The molecule has 0 amide bonds. The minimum Gasteiger partial charge on any atom is -0.459 e. The first-order chi connectivity index (χ1) is 11.2. The number of anilines is 1. The zero-order chi connectivity index (χ0) is 16.2. The normalized spacial score (nSPS) is 10.9.